The van der Waals surface area contributed by atoms with Gasteiger partial charge in [-0.1, -0.05) is 32.9 Å². The van der Waals surface area contributed by atoms with Crippen LogP contribution < -0.4 is 14.8 Å². The summed E-state index contributed by atoms with van der Waals surface area (Å²) < 4.78 is 10.9. The molecule has 0 heterocycles. The molecule has 3 nitrogen and oxygen atoms in total. The summed E-state index contributed by atoms with van der Waals surface area (Å²) in [5.41, 5.74) is 1.18. The SMILES string of the molecule is CCNC(CCC(C)C)c1cccc(OC)c1OC. The number of ether oxygens (including phenoxy) is 2. The standard InChI is InChI=1S/C16H27NO2/c1-6-17-14(11-10-12(2)3)13-8-7-9-15(18-4)16(13)19-5/h7-9,12,14,17H,6,10-11H2,1-5H3. The lowest BCUT2D eigenvalue weighted by Gasteiger charge is -2.22. The Hall–Kier alpha value is -1.22. The molecule has 0 aliphatic rings. The molecule has 1 aromatic rings. The average molecular weight is 265 g/mol. The molecule has 1 atom stereocenters. The predicted molar refractivity (Wildman–Crippen MR) is 80.0 cm³/mol. The van der Waals surface area contributed by atoms with Gasteiger partial charge in [-0.3, -0.25) is 0 Å². The highest BCUT2D eigenvalue weighted by atomic mass is 16.5. The van der Waals surface area contributed by atoms with Crippen molar-refractivity contribution in [3.05, 3.63) is 23.8 Å². The lowest BCUT2D eigenvalue weighted by molar-refractivity contribution is 0.343. The Morgan fingerprint density at radius 1 is 1.11 bits per heavy atom. The minimum absolute atomic E-state index is 0.317. The molecule has 0 aromatic heterocycles. The highest BCUT2D eigenvalue weighted by Crippen LogP contribution is 2.36. The van der Waals surface area contributed by atoms with Crippen LogP contribution in [0.15, 0.2) is 18.2 Å². The molecular weight excluding hydrogens is 238 g/mol. The number of hydrogen-bond donors (Lipinski definition) is 1. The van der Waals surface area contributed by atoms with Crippen molar-refractivity contribution in [1.29, 1.82) is 0 Å². The molecule has 0 saturated heterocycles. The summed E-state index contributed by atoms with van der Waals surface area (Å²) in [5.74, 6) is 2.35. The summed E-state index contributed by atoms with van der Waals surface area (Å²) >= 11 is 0. The smallest absolute Gasteiger partial charge is 0.165 e. The van der Waals surface area contributed by atoms with E-state index >= 15 is 0 Å². The van der Waals surface area contributed by atoms with Crippen molar-refractivity contribution in [3.63, 3.8) is 0 Å². The second-order valence-corrected chi connectivity index (χ2v) is 5.16. The maximum atomic E-state index is 5.54. The quantitative estimate of drug-likeness (QED) is 0.775. The van der Waals surface area contributed by atoms with Gasteiger partial charge in [0.25, 0.3) is 0 Å². The lowest BCUT2D eigenvalue weighted by Crippen LogP contribution is -2.22. The van der Waals surface area contributed by atoms with E-state index in [1.165, 1.54) is 12.0 Å². The number of nitrogens with one attached hydrogen (secondary N) is 1. The molecule has 0 radical (unpaired) electrons. The van der Waals surface area contributed by atoms with Gasteiger partial charge in [-0.2, -0.15) is 0 Å². The van der Waals surface area contributed by atoms with Gasteiger partial charge in [-0.25, -0.2) is 0 Å². The normalized spacial score (nSPS) is 12.5. The summed E-state index contributed by atoms with van der Waals surface area (Å²) in [4.78, 5) is 0. The van der Waals surface area contributed by atoms with E-state index in [1.54, 1.807) is 14.2 Å². The van der Waals surface area contributed by atoms with Crippen LogP contribution in [0.4, 0.5) is 0 Å². The van der Waals surface area contributed by atoms with E-state index in [4.69, 9.17) is 9.47 Å². The Morgan fingerprint density at radius 2 is 1.84 bits per heavy atom. The maximum Gasteiger partial charge on any atom is 0.165 e. The van der Waals surface area contributed by atoms with E-state index in [1.807, 2.05) is 12.1 Å². The molecule has 19 heavy (non-hydrogen) atoms. The first-order valence-electron chi connectivity index (χ1n) is 7.08. The number of hydrogen-bond acceptors (Lipinski definition) is 3. The van der Waals surface area contributed by atoms with Crippen molar-refractivity contribution in [2.24, 2.45) is 5.92 Å². The number of rotatable bonds is 8. The van der Waals surface area contributed by atoms with Crippen molar-refractivity contribution in [2.45, 2.75) is 39.7 Å². The molecule has 0 amide bonds. The van der Waals surface area contributed by atoms with Gasteiger partial charge in [0.2, 0.25) is 0 Å². The van der Waals surface area contributed by atoms with Crippen LogP contribution in [0.5, 0.6) is 11.5 Å². The van der Waals surface area contributed by atoms with E-state index < -0.39 is 0 Å². The van der Waals surface area contributed by atoms with Crippen LogP contribution >= 0.6 is 0 Å². The zero-order valence-corrected chi connectivity index (χ0v) is 12.8. The molecule has 0 saturated carbocycles. The number of para-hydroxylation sites is 1. The van der Waals surface area contributed by atoms with Crippen LogP contribution in [0, 0.1) is 5.92 Å². The zero-order valence-electron chi connectivity index (χ0n) is 12.8. The van der Waals surface area contributed by atoms with Crippen molar-refractivity contribution in [2.75, 3.05) is 20.8 Å². The van der Waals surface area contributed by atoms with Gasteiger partial charge in [-0.05, 0) is 31.4 Å². The minimum atomic E-state index is 0.317. The summed E-state index contributed by atoms with van der Waals surface area (Å²) in [6, 6.07) is 6.40. The second kappa shape index (κ2) is 8.05. The summed E-state index contributed by atoms with van der Waals surface area (Å²) in [7, 11) is 3.38. The Kier molecular flexibility index (Phi) is 6.71. The van der Waals surface area contributed by atoms with Crippen LogP contribution in [0.3, 0.4) is 0 Å². The first-order valence-corrected chi connectivity index (χ1v) is 7.08. The van der Waals surface area contributed by atoms with Crippen molar-refractivity contribution >= 4 is 0 Å². The lowest BCUT2D eigenvalue weighted by atomic mass is 9.96. The summed E-state index contributed by atoms with van der Waals surface area (Å²) in [6.07, 6.45) is 2.30. The Bertz CT molecular complexity index is 377. The third kappa shape index (κ3) is 4.43. The largest absolute Gasteiger partial charge is 0.493 e. The Balaban J connectivity index is 3.00. The minimum Gasteiger partial charge on any atom is -0.493 e. The molecule has 0 bridgehead atoms. The van der Waals surface area contributed by atoms with Gasteiger partial charge in [0.05, 0.1) is 14.2 Å². The second-order valence-electron chi connectivity index (χ2n) is 5.16. The topological polar surface area (TPSA) is 30.5 Å². The first-order chi connectivity index (χ1) is 9.13. The highest BCUT2D eigenvalue weighted by Gasteiger charge is 2.18. The van der Waals surface area contributed by atoms with E-state index in [-0.39, 0.29) is 0 Å². The Morgan fingerprint density at radius 3 is 2.37 bits per heavy atom. The monoisotopic (exact) mass is 265 g/mol. The molecular formula is C16H27NO2. The van der Waals surface area contributed by atoms with Crippen molar-refractivity contribution in [1.82, 2.24) is 5.32 Å². The highest BCUT2D eigenvalue weighted by molar-refractivity contribution is 5.48. The fourth-order valence-electron chi connectivity index (χ4n) is 2.30. The van der Waals surface area contributed by atoms with Crippen LogP contribution in [-0.4, -0.2) is 20.8 Å². The molecule has 0 aliphatic carbocycles. The molecule has 1 rings (SSSR count). The zero-order chi connectivity index (χ0) is 14.3. The molecule has 0 spiro atoms. The number of methoxy groups -OCH3 is 2. The van der Waals surface area contributed by atoms with Gasteiger partial charge >= 0.3 is 0 Å². The molecule has 0 aliphatic heterocycles. The Labute approximate surface area is 117 Å². The van der Waals surface area contributed by atoms with E-state index in [2.05, 4.69) is 32.2 Å². The van der Waals surface area contributed by atoms with Crippen molar-refractivity contribution < 1.29 is 9.47 Å². The van der Waals surface area contributed by atoms with Gasteiger partial charge in [0.15, 0.2) is 11.5 Å². The van der Waals surface area contributed by atoms with Crippen molar-refractivity contribution in [3.8, 4) is 11.5 Å². The first kappa shape index (κ1) is 15.8. The van der Waals surface area contributed by atoms with Crippen LogP contribution in [0.1, 0.15) is 45.2 Å². The van der Waals surface area contributed by atoms with E-state index in [9.17, 15) is 0 Å². The molecule has 108 valence electrons. The van der Waals surface area contributed by atoms with E-state index in [0.717, 1.165) is 24.5 Å². The molecule has 1 N–H and O–H groups in total. The molecule has 0 fully saturated rings. The van der Waals surface area contributed by atoms with Gasteiger partial charge in [-0.15, -0.1) is 0 Å². The van der Waals surface area contributed by atoms with Crippen LogP contribution in [0.2, 0.25) is 0 Å². The van der Waals surface area contributed by atoms with Crippen LogP contribution in [-0.2, 0) is 0 Å². The van der Waals surface area contributed by atoms with Gasteiger partial charge < -0.3 is 14.8 Å². The van der Waals surface area contributed by atoms with E-state index in [0.29, 0.717) is 12.0 Å². The number of benzene rings is 1. The predicted octanol–water partition coefficient (Wildman–Crippen LogP) is 3.79. The summed E-state index contributed by atoms with van der Waals surface area (Å²) in [5, 5.41) is 3.54. The fourth-order valence-corrected chi connectivity index (χ4v) is 2.30. The molecule has 3 heteroatoms. The molecule has 1 unspecified atom stereocenters. The third-order valence-corrected chi connectivity index (χ3v) is 3.29. The maximum absolute atomic E-state index is 5.54. The summed E-state index contributed by atoms with van der Waals surface area (Å²) in [6.45, 7) is 7.59. The average Bonchev–Trinajstić information content (AvgIpc) is 2.42. The van der Waals surface area contributed by atoms with Crippen LogP contribution in [0.25, 0.3) is 0 Å². The molecule has 1 aromatic carbocycles. The van der Waals surface area contributed by atoms with Gasteiger partial charge in [0, 0.05) is 11.6 Å². The van der Waals surface area contributed by atoms with Gasteiger partial charge in [0.1, 0.15) is 0 Å². The fraction of sp³-hybridized carbons (Fsp3) is 0.625. The third-order valence-electron chi connectivity index (χ3n) is 3.29.